The van der Waals surface area contributed by atoms with Crippen molar-refractivity contribution in [3.63, 3.8) is 0 Å². The smallest absolute Gasteiger partial charge is 0.210 e. The van der Waals surface area contributed by atoms with E-state index in [0.29, 0.717) is 17.8 Å². The third-order valence-corrected chi connectivity index (χ3v) is 6.33. The van der Waals surface area contributed by atoms with Gasteiger partial charge in [-0.05, 0) is 38.0 Å². The first-order valence-corrected chi connectivity index (χ1v) is 8.12. The van der Waals surface area contributed by atoms with E-state index in [1.807, 2.05) is 0 Å². The second kappa shape index (κ2) is 3.76. The molecule has 5 heteroatoms. The first-order chi connectivity index (χ1) is 9.62. The van der Waals surface area contributed by atoms with Gasteiger partial charge >= 0.3 is 0 Å². The Morgan fingerprint density at radius 1 is 0.950 bits per heavy atom. The quantitative estimate of drug-likeness (QED) is 0.656. The molecule has 2 N–H and O–H groups in total. The Labute approximate surface area is 118 Å². The van der Waals surface area contributed by atoms with Crippen LogP contribution >= 0.6 is 0 Å². The molecule has 6 fully saturated rings. The zero-order valence-corrected chi connectivity index (χ0v) is 11.8. The molecule has 6 rings (SSSR count). The lowest BCUT2D eigenvalue weighted by Gasteiger charge is -2.60. The summed E-state index contributed by atoms with van der Waals surface area (Å²) in [5, 5.41) is 14.0. The van der Waals surface area contributed by atoms with Gasteiger partial charge in [0.2, 0.25) is 11.6 Å². The number of hydrogen-bond donors (Lipinski definition) is 2. The molecule has 2 atom stereocenters. The van der Waals surface area contributed by atoms with Gasteiger partial charge in [-0.15, -0.1) is 0 Å². The maximum Gasteiger partial charge on any atom is 0.210 e. The van der Waals surface area contributed by atoms with Gasteiger partial charge in [-0.1, -0.05) is 0 Å². The first kappa shape index (κ1) is 12.4. The maximum atomic E-state index is 10.7. The van der Waals surface area contributed by atoms with E-state index in [1.165, 1.54) is 0 Å². The fourth-order valence-corrected chi connectivity index (χ4v) is 5.65. The van der Waals surface area contributed by atoms with Gasteiger partial charge in [0.25, 0.3) is 0 Å². The summed E-state index contributed by atoms with van der Waals surface area (Å²) in [4.78, 5) is 11.6. The summed E-state index contributed by atoms with van der Waals surface area (Å²) in [7, 11) is 0. The van der Waals surface area contributed by atoms with Crippen LogP contribution in [0.3, 0.4) is 0 Å². The van der Waals surface area contributed by atoms with Crippen LogP contribution in [0, 0.1) is 17.8 Å². The summed E-state index contributed by atoms with van der Waals surface area (Å²) in [6.07, 6.45) is 6.55. The van der Waals surface area contributed by atoms with E-state index in [-0.39, 0.29) is 0 Å². The topological polar surface area (TPSA) is 60.0 Å². The van der Waals surface area contributed by atoms with Crippen LogP contribution in [-0.2, 0) is 14.5 Å². The molecule has 2 spiro atoms. The van der Waals surface area contributed by atoms with E-state index in [2.05, 4.69) is 5.32 Å². The molecular formula is C15H23NO4. The van der Waals surface area contributed by atoms with Gasteiger partial charge in [0.1, 0.15) is 0 Å². The Balaban J connectivity index is 1.47. The lowest BCUT2D eigenvalue weighted by Crippen LogP contribution is -2.64. The fraction of sp³-hybridized carbons (Fsp3) is 1.00. The van der Waals surface area contributed by atoms with Gasteiger partial charge in [0.15, 0.2) is 0 Å². The third-order valence-electron chi connectivity index (χ3n) is 6.33. The zero-order chi connectivity index (χ0) is 13.4. The summed E-state index contributed by atoms with van der Waals surface area (Å²) >= 11 is 0. The summed E-state index contributed by atoms with van der Waals surface area (Å²) < 4.78 is 6.50. The minimum atomic E-state index is -0.569. The summed E-state index contributed by atoms with van der Waals surface area (Å²) in [6.45, 7) is 1.84. The Bertz CT molecular complexity index is 418. The summed E-state index contributed by atoms with van der Waals surface area (Å²) in [5.74, 6) is 0.143. The molecular weight excluding hydrogens is 258 g/mol. The van der Waals surface area contributed by atoms with Crippen LogP contribution < -0.4 is 5.32 Å². The van der Waals surface area contributed by atoms with E-state index in [4.69, 9.17) is 14.5 Å². The SMILES string of the molecule is OC12CC3CC(C1)C1(OOC4(CCNCC4)O1)C(C3)C2. The van der Waals surface area contributed by atoms with Crippen molar-refractivity contribution in [2.75, 3.05) is 13.1 Å². The van der Waals surface area contributed by atoms with Crippen LogP contribution in [0.5, 0.6) is 0 Å². The normalized spacial score (nSPS) is 56.0. The molecule has 0 aromatic carbocycles. The van der Waals surface area contributed by atoms with Gasteiger partial charge in [-0.2, -0.15) is 9.78 Å². The average molecular weight is 281 g/mol. The summed E-state index contributed by atoms with van der Waals surface area (Å²) in [6, 6.07) is 0. The van der Waals surface area contributed by atoms with E-state index in [9.17, 15) is 5.11 Å². The van der Waals surface area contributed by atoms with E-state index in [1.54, 1.807) is 0 Å². The number of piperidine rings is 1. The van der Waals surface area contributed by atoms with Crippen molar-refractivity contribution < 1.29 is 19.6 Å². The highest BCUT2D eigenvalue weighted by Gasteiger charge is 2.69. The van der Waals surface area contributed by atoms with Gasteiger partial charge in [-0.25, -0.2) is 0 Å². The van der Waals surface area contributed by atoms with Crippen molar-refractivity contribution in [1.82, 2.24) is 5.32 Å². The Morgan fingerprint density at radius 2 is 1.65 bits per heavy atom. The molecule has 0 radical (unpaired) electrons. The second-order valence-corrected chi connectivity index (χ2v) is 7.72. The molecule has 0 aromatic heterocycles. The van der Waals surface area contributed by atoms with Crippen LogP contribution in [0.15, 0.2) is 0 Å². The first-order valence-electron chi connectivity index (χ1n) is 8.12. The van der Waals surface area contributed by atoms with Crippen LogP contribution in [0.4, 0.5) is 0 Å². The van der Waals surface area contributed by atoms with Crippen LogP contribution in [0.2, 0.25) is 0 Å². The van der Waals surface area contributed by atoms with Crippen LogP contribution in [0.25, 0.3) is 0 Å². The van der Waals surface area contributed by atoms with E-state index < -0.39 is 17.2 Å². The number of aliphatic hydroxyl groups is 1. The molecule has 5 nitrogen and oxygen atoms in total. The van der Waals surface area contributed by atoms with Crippen molar-refractivity contribution in [3.8, 4) is 0 Å². The molecule has 4 aliphatic carbocycles. The molecule has 2 aliphatic heterocycles. The van der Waals surface area contributed by atoms with E-state index >= 15 is 0 Å². The second-order valence-electron chi connectivity index (χ2n) is 7.72. The highest BCUT2D eigenvalue weighted by Crippen LogP contribution is 2.64. The Kier molecular flexibility index (Phi) is 2.32. The third kappa shape index (κ3) is 1.50. The molecule has 2 unspecified atom stereocenters. The fourth-order valence-electron chi connectivity index (χ4n) is 5.65. The molecule has 4 bridgehead atoms. The minimum absolute atomic E-state index is 0.299. The minimum Gasteiger partial charge on any atom is -0.390 e. The van der Waals surface area contributed by atoms with E-state index in [0.717, 1.165) is 58.0 Å². The van der Waals surface area contributed by atoms with Gasteiger partial charge in [0, 0.05) is 37.8 Å². The lowest BCUT2D eigenvalue weighted by molar-refractivity contribution is -0.397. The predicted octanol–water partition coefficient (Wildman–Crippen LogP) is 1.31. The molecule has 20 heavy (non-hydrogen) atoms. The molecule has 2 heterocycles. The van der Waals surface area contributed by atoms with Gasteiger partial charge < -0.3 is 15.2 Å². The van der Waals surface area contributed by atoms with Crippen LogP contribution in [-0.4, -0.2) is 35.4 Å². The Hall–Kier alpha value is -0.200. The highest BCUT2D eigenvalue weighted by atomic mass is 17.3. The van der Waals surface area contributed by atoms with Crippen molar-refractivity contribution in [2.45, 2.75) is 62.1 Å². The van der Waals surface area contributed by atoms with Gasteiger partial charge in [0.05, 0.1) is 5.60 Å². The summed E-state index contributed by atoms with van der Waals surface area (Å²) in [5.41, 5.74) is -0.460. The van der Waals surface area contributed by atoms with Crippen molar-refractivity contribution in [2.24, 2.45) is 17.8 Å². The zero-order valence-electron chi connectivity index (χ0n) is 11.8. The lowest BCUT2D eigenvalue weighted by atomic mass is 9.51. The number of ether oxygens (including phenoxy) is 1. The van der Waals surface area contributed by atoms with Crippen molar-refractivity contribution >= 4 is 0 Å². The van der Waals surface area contributed by atoms with Crippen molar-refractivity contribution in [3.05, 3.63) is 0 Å². The molecule has 4 saturated carbocycles. The monoisotopic (exact) mass is 281 g/mol. The number of nitrogens with one attached hydrogen (secondary N) is 1. The van der Waals surface area contributed by atoms with Gasteiger partial charge in [-0.3, -0.25) is 0 Å². The Morgan fingerprint density at radius 3 is 2.30 bits per heavy atom. The average Bonchev–Trinajstić information content (AvgIpc) is 2.76. The largest absolute Gasteiger partial charge is 0.390 e. The predicted molar refractivity (Wildman–Crippen MR) is 69.3 cm³/mol. The standard InChI is InChI=1S/C15H23NO4/c17-13-7-10-5-11(8-13)15(12(6-10)9-13)18-14(19-20-15)1-3-16-4-2-14/h10-12,16-17H,1-9H2. The number of hydrogen-bond acceptors (Lipinski definition) is 5. The molecule has 6 aliphatic rings. The number of rotatable bonds is 0. The molecule has 0 aromatic rings. The maximum absolute atomic E-state index is 10.7. The highest BCUT2D eigenvalue weighted by molar-refractivity contribution is 5.11. The van der Waals surface area contributed by atoms with Crippen molar-refractivity contribution in [1.29, 1.82) is 0 Å². The molecule has 112 valence electrons. The molecule has 2 saturated heterocycles. The van der Waals surface area contributed by atoms with Crippen LogP contribution in [0.1, 0.15) is 44.9 Å². The molecule has 0 amide bonds.